The molecule has 0 unspecified atom stereocenters. The number of carboxylic acid groups (broad SMARTS) is 1. The van der Waals surface area contributed by atoms with Crippen molar-refractivity contribution < 1.29 is 9.90 Å². The van der Waals surface area contributed by atoms with Crippen molar-refractivity contribution in [2.24, 2.45) is 0 Å². The van der Waals surface area contributed by atoms with Crippen LogP contribution in [-0.4, -0.2) is 25.4 Å². The Balaban J connectivity index is 1.98. The standard InChI is InChI=1S/C15H11N3O3S/c19-13-7-11(5-4-10-3-1-2-6-16-10)17-15-18(13)12(9-22-15)8-14(20)21/h1-7,9H,8H2,(H,20,21)/b5-4+. The smallest absolute Gasteiger partial charge is 0.309 e. The van der Waals surface area contributed by atoms with Gasteiger partial charge in [-0.1, -0.05) is 6.07 Å². The lowest BCUT2D eigenvalue weighted by Gasteiger charge is -1.99. The highest BCUT2D eigenvalue weighted by atomic mass is 32.1. The second-order valence-corrected chi connectivity index (χ2v) is 5.36. The average molecular weight is 313 g/mol. The summed E-state index contributed by atoms with van der Waals surface area (Å²) in [5, 5.41) is 10.5. The molecule has 0 radical (unpaired) electrons. The minimum absolute atomic E-state index is 0.204. The van der Waals surface area contributed by atoms with E-state index in [4.69, 9.17) is 5.11 Å². The van der Waals surface area contributed by atoms with Crippen molar-refractivity contribution in [1.82, 2.24) is 14.4 Å². The Bertz CT molecular complexity index is 913. The van der Waals surface area contributed by atoms with Gasteiger partial charge in [0.05, 0.1) is 17.8 Å². The third-order valence-electron chi connectivity index (χ3n) is 2.94. The number of hydrogen-bond acceptors (Lipinski definition) is 5. The van der Waals surface area contributed by atoms with Crippen LogP contribution in [0.4, 0.5) is 0 Å². The molecule has 0 aliphatic carbocycles. The van der Waals surface area contributed by atoms with Crippen LogP contribution in [0.3, 0.4) is 0 Å². The maximum absolute atomic E-state index is 12.2. The summed E-state index contributed by atoms with van der Waals surface area (Å²) in [6.45, 7) is 0. The molecule has 3 aromatic heterocycles. The third-order valence-corrected chi connectivity index (χ3v) is 3.81. The van der Waals surface area contributed by atoms with Crippen molar-refractivity contribution in [2.75, 3.05) is 0 Å². The molecular weight excluding hydrogens is 302 g/mol. The molecule has 0 amide bonds. The summed E-state index contributed by atoms with van der Waals surface area (Å²) in [6, 6.07) is 6.92. The maximum atomic E-state index is 12.2. The molecule has 0 aliphatic rings. The van der Waals surface area contributed by atoms with Gasteiger partial charge in [0.2, 0.25) is 0 Å². The van der Waals surface area contributed by atoms with Gasteiger partial charge in [0, 0.05) is 23.3 Å². The summed E-state index contributed by atoms with van der Waals surface area (Å²) >= 11 is 1.24. The fourth-order valence-corrected chi connectivity index (χ4v) is 2.90. The normalized spacial score (nSPS) is 11.3. The first-order valence-electron chi connectivity index (χ1n) is 6.44. The van der Waals surface area contributed by atoms with Crippen LogP contribution in [0.1, 0.15) is 17.1 Å². The van der Waals surface area contributed by atoms with Gasteiger partial charge in [-0.25, -0.2) is 4.98 Å². The topological polar surface area (TPSA) is 84.6 Å². The molecule has 0 aliphatic heterocycles. The maximum Gasteiger partial charge on any atom is 0.309 e. The second-order valence-electron chi connectivity index (χ2n) is 4.52. The number of aromatic nitrogens is 3. The molecule has 0 saturated carbocycles. The summed E-state index contributed by atoms with van der Waals surface area (Å²) in [5.41, 5.74) is 1.43. The van der Waals surface area contributed by atoms with Crippen LogP contribution in [0.2, 0.25) is 0 Å². The summed E-state index contributed by atoms with van der Waals surface area (Å²) in [7, 11) is 0. The summed E-state index contributed by atoms with van der Waals surface area (Å²) in [4.78, 5) is 31.9. The van der Waals surface area contributed by atoms with E-state index in [1.807, 2.05) is 18.2 Å². The molecule has 3 heterocycles. The van der Waals surface area contributed by atoms with Gasteiger partial charge in [-0.3, -0.25) is 19.0 Å². The quantitative estimate of drug-likeness (QED) is 0.796. The van der Waals surface area contributed by atoms with Gasteiger partial charge in [0.25, 0.3) is 5.56 Å². The van der Waals surface area contributed by atoms with E-state index < -0.39 is 5.97 Å². The predicted molar refractivity (Wildman–Crippen MR) is 83.8 cm³/mol. The zero-order valence-corrected chi connectivity index (χ0v) is 12.2. The Morgan fingerprint density at radius 1 is 1.32 bits per heavy atom. The molecule has 0 fully saturated rings. The lowest BCUT2D eigenvalue weighted by molar-refractivity contribution is -0.136. The van der Waals surface area contributed by atoms with Crippen molar-refractivity contribution >= 4 is 34.4 Å². The van der Waals surface area contributed by atoms with E-state index in [-0.39, 0.29) is 12.0 Å². The Morgan fingerprint density at radius 2 is 2.14 bits per heavy atom. The van der Waals surface area contributed by atoms with E-state index in [0.29, 0.717) is 16.3 Å². The Hall–Kier alpha value is -2.80. The summed E-state index contributed by atoms with van der Waals surface area (Å²) < 4.78 is 1.33. The van der Waals surface area contributed by atoms with Gasteiger partial charge in [-0.2, -0.15) is 0 Å². The fourth-order valence-electron chi connectivity index (χ4n) is 2.00. The molecule has 110 valence electrons. The number of rotatable bonds is 4. The molecule has 3 aromatic rings. The van der Waals surface area contributed by atoms with Crippen LogP contribution in [0, 0.1) is 0 Å². The SMILES string of the molecule is O=C(O)Cc1csc2nc(/C=C/c3ccccn3)cc(=O)n12. The zero-order chi connectivity index (χ0) is 15.5. The van der Waals surface area contributed by atoms with E-state index in [1.54, 1.807) is 23.7 Å². The highest BCUT2D eigenvalue weighted by Crippen LogP contribution is 2.14. The molecule has 7 heteroatoms. The monoisotopic (exact) mass is 313 g/mol. The number of hydrogen-bond donors (Lipinski definition) is 1. The number of carboxylic acids is 1. The molecule has 3 rings (SSSR count). The molecule has 6 nitrogen and oxygen atoms in total. The van der Waals surface area contributed by atoms with E-state index >= 15 is 0 Å². The van der Waals surface area contributed by atoms with Crippen LogP contribution in [0.5, 0.6) is 0 Å². The van der Waals surface area contributed by atoms with E-state index in [0.717, 1.165) is 5.69 Å². The number of fused-ring (bicyclic) bond motifs is 1. The highest BCUT2D eigenvalue weighted by Gasteiger charge is 2.10. The minimum Gasteiger partial charge on any atom is -0.481 e. The van der Waals surface area contributed by atoms with E-state index in [9.17, 15) is 9.59 Å². The molecule has 0 aromatic carbocycles. The molecular formula is C15H11N3O3S. The first kappa shape index (κ1) is 14.2. The molecule has 0 bridgehead atoms. The Kier molecular flexibility index (Phi) is 3.80. The van der Waals surface area contributed by atoms with Crippen LogP contribution in [-0.2, 0) is 11.2 Å². The van der Waals surface area contributed by atoms with Gasteiger partial charge >= 0.3 is 5.97 Å². The number of carbonyl (C=O) groups is 1. The fraction of sp³-hybridized carbons (Fsp3) is 0.0667. The molecule has 22 heavy (non-hydrogen) atoms. The van der Waals surface area contributed by atoms with Crippen LogP contribution in [0.15, 0.2) is 40.6 Å². The highest BCUT2D eigenvalue weighted by molar-refractivity contribution is 7.15. The first-order valence-corrected chi connectivity index (χ1v) is 7.32. The van der Waals surface area contributed by atoms with Crippen molar-refractivity contribution in [1.29, 1.82) is 0 Å². The van der Waals surface area contributed by atoms with Gasteiger partial charge in [0.15, 0.2) is 4.96 Å². The second kappa shape index (κ2) is 5.90. The van der Waals surface area contributed by atoms with Gasteiger partial charge in [-0.15, -0.1) is 11.3 Å². The number of aliphatic carboxylic acids is 1. The zero-order valence-electron chi connectivity index (χ0n) is 11.3. The third kappa shape index (κ3) is 2.94. The number of thiazole rings is 1. The van der Waals surface area contributed by atoms with E-state index in [2.05, 4.69) is 9.97 Å². The molecule has 0 spiro atoms. The van der Waals surface area contributed by atoms with Crippen LogP contribution < -0.4 is 5.56 Å². The predicted octanol–water partition coefficient (Wildman–Crippen LogP) is 1.95. The van der Waals surface area contributed by atoms with Gasteiger partial charge in [0.1, 0.15) is 0 Å². The van der Waals surface area contributed by atoms with Gasteiger partial charge in [-0.05, 0) is 24.3 Å². The lowest BCUT2D eigenvalue weighted by atomic mass is 10.3. The average Bonchev–Trinajstić information content (AvgIpc) is 2.89. The number of pyridine rings is 1. The Morgan fingerprint density at radius 3 is 2.86 bits per heavy atom. The molecule has 1 N–H and O–H groups in total. The van der Waals surface area contributed by atoms with Gasteiger partial charge < -0.3 is 5.11 Å². The lowest BCUT2D eigenvalue weighted by Crippen LogP contribution is -2.17. The van der Waals surface area contributed by atoms with Crippen molar-refractivity contribution in [3.05, 3.63) is 63.3 Å². The van der Waals surface area contributed by atoms with Crippen molar-refractivity contribution in [3.63, 3.8) is 0 Å². The minimum atomic E-state index is -0.981. The van der Waals surface area contributed by atoms with Crippen LogP contribution in [0.25, 0.3) is 17.1 Å². The first-order chi connectivity index (χ1) is 10.6. The van der Waals surface area contributed by atoms with Crippen molar-refractivity contribution in [3.8, 4) is 0 Å². The van der Waals surface area contributed by atoms with Crippen LogP contribution >= 0.6 is 11.3 Å². The summed E-state index contributed by atoms with van der Waals surface area (Å²) in [6.07, 6.45) is 4.96. The largest absolute Gasteiger partial charge is 0.481 e. The summed E-state index contributed by atoms with van der Waals surface area (Å²) in [5.74, 6) is -0.981. The molecule has 0 saturated heterocycles. The van der Waals surface area contributed by atoms with E-state index in [1.165, 1.54) is 21.8 Å². The van der Waals surface area contributed by atoms with Crippen molar-refractivity contribution in [2.45, 2.75) is 6.42 Å². The Labute approximate surface area is 129 Å². The number of nitrogens with zero attached hydrogens (tertiary/aromatic N) is 3. The molecule has 0 atom stereocenters.